The van der Waals surface area contributed by atoms with Crippen LogP contribution < -0.4 is 15.0 Å². The Kier molecular flexibility index (Phi) is 3.42. The number of amides is 2. The molecule has 6 nitrogen and oxygen atoms in total. The molecule has 0 saturated carbocycles. The topological polar surface area (TPSA) is 67.9 Å². The van der Waals surface area contributed by atoms with Gasteiger partial charge < -0.3 is 14.8 Å². The third-order valence-electron chi connectivity index (χ3n) is 4.71. The zero-order chi connectivity index (χ0) is 17.6. The Hall–Kier alpha value is -3.02. The molecule has 0 aliphatic carbocycles. The number of carbonyl (C=O) groups excluding carboxylic acids is 2. The van der Waals surface area contributed by atoms with Crippen molar-refractivity contribution in [2.45, 2.75) is 25.1 Å². The first-order chi connectivity index (χ1) is 12.0. The summed E-state index contributed by atoms with van der Waals surface area (Å²) in [7, 11) is 1.34. The summed E-state index contributed by atoms with van der Waals surface area (Å²) in [6.45, 7) is 1.91. The van der Waals surface area contributed by atoms with Crippen LogP contribution in [0.2, 0.25) is 0 Å². The van der Waals surface area contributed by atoms with Crippen LogP contribution >= 0.6 is 0 Å². The average Bonchev–Trinajstić information content (AvgIpc) is 2.61. The maximum absolute atomic E-state index is 12.7. The first kappa shape index (κ1) is 15.5. The molecule has 6 heteroatoms. The van der Waals surface area contributed by atoms with E-state index in [9.17, 15) is 9.59 Å². The van der Waals surface area contributed by atoms with Gasteiger partial charge in [-0.05, 0) is 37.3 Å². The van der Waals surface area contributed by atoms with Crippen LogP contribution in [0.5, 0.6) is 5.75 Å². The number of fused-ring (bicyclic) bond motifs is 4. The van der Waals surface area contributed by atoms with Crippen LogP contribution in [0.3, 0.4) is 0 Å². The summed E-state index contributed by atoms with van der Waals surface area (Å²) in [4.78, 5) is 26.2. The number of hydrogen-bond acceptors (Lipinski definition) is 4. The van der Waals surface area contributed by atoms with Crippen LogP contribution in [0.25, 0.3) is 0 Å². The lowest BCUT2D eigenvalue weighted by Gasteiger charge is -2.50. The molecule has 0 aromatic heterocycles. The van der Waals surface area contributed by atoms with Gasteiger partial charge in [-0.3, -0.25) is 4.90 Å². The SMILES string of the molecule is COC(=O)c1ccc2c(c1)[C@H]1C[C@@](C)(O2)N(c2ccccc2)C(=O)N1. The van der Waals surface area contributed by atoms with Gasteiger partial charge in [0.05, 0.1) is 18.7 Å². The molecule has 2 atom stereocenters. The molecule has 2 aliphatic rings. The number of rotatable bonds is 2. The van der Waals surface area contributed by atoms with Crippen molar-refractivity contribution in [3.05, 3.63) is 59.7 Å². The van der Waals surface area contributed by atoms with Crippen molar-refractivity contribution >= 4 is 17.7 Å². The molecule has 4 rings (SSSR count). The number of nitrogens with zero attached hydrogens (tertiary/aromatic N) is 1. The van der Waals surface area contributed by atoms with Crippen molar-refractivity contribution < 1.29 is 19.1 Å². The van der Waals surface area contributed by atoms with Crippen molar-refractivity contribution in [2.24, 2.45) is 0 Å². The lowest BCUT2D eigenvalue weighted by atomic mass is 9.89. The minimum absolute atomic E-state index is 0.217. The highest BCUT2D eigenvalue weighted by Gasteiger charge is 2.49. The molecule has 0 radical (unpaired) electrons. The first-order valence-corrected chi connectivity index (χ1v) is 8.09. The number of hydrogen-bond donors (Lipinski definition) is 1. The third-order valence-corrected chi connectivity index (χ3v) is 4.71. The Bertz CT molecular complexity index is 852. The van der Waals surface area contributed by atoms with Crippen LogP contribution in [0, 0.1) is 0 Å². The van der Waals surface area contributed by atoms with Crippen LogP contribution in [0.1, 0.15) is 35.3 Å². The second kappa shape index (κ2) is 5.51. The van der Waals surface area contributed by atoms with Gasteiger partial charge in [-0.15, -0.1) is 0 Å². The maximum Gasteiger partial charge on any atom is 0.337 e. The van der Waals surface area contributed by atoms with Gasteiger partial charge in [0, 0.05) is 17.7 Å². The molecular formula is C19H18N2O4. The number of carbonyl (C=O) groups is 2. The standard InChI is InChI=1S/C19H18N2O4/c1-19-11-15(20-18(23)21(19)13-6-4-3-5-7-13)14-10-12(17(22)24-2)8-9-16(14)25-19/h3-10,15H,11H2,1-2H3,(H,20,23)/t15-,19-/m1/s1. The van der Waals surface area contributed by atoms with Crippen molar-refractivity contribution in [3.8, 4) is 5.75 Å². The summed E-state index contributed by atoms with van der Waals surface area (Å²) in [5.74, 6) is 0.247. The van der Waals surface area contributed by atoms with E-state index in [2.05, 4.69) is 5.32 Å². The normalized spacial score (nSPS) is 24.0. The summed E-state index contributed by atoms with van der Waals surface area (Å²) in [6.07, 6.45) is 0.575. The second-order valence-corrected chi connectivity index (χ2v) is 6.40. The minimum Gasteiger partial charge on any atom is -0.467 e. The molecular weight excluding hydrogens is 320 g/mol. The fourth-order valence-electron chi connectivity index (χ4n) is 3.59. The maximum atomic E-state index is 12.7. The van der Waals surface area contributed by atoms with Crippen molar-refractivity contribution in [2.75, 3.05) is 12.0 Å². The van der Waals surface area contributed by atoms with E-state index < -0.39 is 11.7 Å². The number of esters is 1. The molecule has 1 saturated heterocycles. The number of methoxy groups -OCH3 is 1. The monoisotopic (exact) mass is 338 g/mol. The molecule has 1 N–H and O–H groups in total. The van der Waals surface area contributed by atoms with Gasteiger partial charge in [0.15, 0.2) is 5.72 Å². The van der Waals surface area contributed by atoms with E-state index in [1.54, 1.807) is 23.1 Å². The molecule has 2 bridgehead atoms. The number of ether oxygens (including phenoxy) is 2. The highest BCUT2D eigenvalue weighted by molar-refractivity contribution is 5.95. The lowest BCUT2D eigenvalue weighted by molar-refractivity contribution is 0.0377. The van der Waals surface area contributed by atoms with Crippen molar-refractivity contribution in [1.82, 2.24) is 5.32 Å². The molecule has 128 valence electrons. The van der Waals surface area contributed by atoms with Gasteiger partial charge >= 0.3 is 12.0 Å². The number of para-hydroxylation sites is 1. The largest absolute Gasteiger partial charge is 0.467 e. The van der Waals surface area contributed by atoms with Gasteiger partial charge in [-0.25, -0.2) is 9.59 Å². The summed E-state index contributed by atoms with van der Waals surface area (Å²) in [5.41, 5.74) is 1.21. The van der Waals surface area contributed by atoms with E-state index >= 15 is 0 Å². The Morgan fingerprint density at radius 2 is 2.04 bits per heavy atom. The first-order valence-electron chi connectivity index (χ1n) is 8.09. The zero-order valence-electron chi connectivity index (χ0n) is 14.0. The van der Waals surface area contributed by atoms with Gasteiger partial charge in [0.2, 0.25) is 0 Å². The molecule has 2 aromatic carbocycles. The van der Waals surface area contributed by atoms with E-state index in [1.165, 1.54) is 7.11 Å². The Morgan fingerprint density at radius 1 is 1.28 bits per heavy atom. The fraction of sp³-hybridized carbons (Fsp3) is 0.263. The molecule has 2 aliphatic heterocycles. The van der Waals surface area contributed by atoms with Gasteiger partial charge in [0.1, 0.15) is 5.75 Å². The predicted molar refractivity (Wildman–Crippen MR) is 91.6 cm³/mol. The second-order valence-electron chi connectivity index (χ2n) is 6.40. The Morgan fingerprint density at radius 3 is 2.76 bits per heavy atom. The highest BCUT2D eigenvalue weighted by atomic mass is 16.5. The Labute approximate surface area is 145 Å². The zero-order valence-corrected chi connectivity index (χ0v) is 14.0. The predicted octanol–water partition coefficient (Wildman–Crippen LogP) is 3.24. The van der Waals surface area contributed by atoms with Crippen LogP contribution in [-0.2, 0) is 4.74 Å². The number of urea groups is 1. The lowest BCUT2D eigenvalue weighted by Crippen LogP contribution is -2.65. The number of benzene rings is 2. The van der Waals surface area contributed by atoms with Gasteiger partial charge in [-0.2, -0.15) is 0 Å². The average molecular weight is 338 g/mol. The molecule has 1 fully saturated rings. The van der Waals surface area contributed by atoms with E-state index in [1.807, 2.05) is 37.3 Å². The van der Waals surface area contributed by atoms with Crippen LogP contribution in [-0.4, -0.2) is 24.8 Å². The summed E-state index contributed by atoms with van der Waals surface area (Å²) >= 11 is 0. The summed E-state index contributed by atoms with van der Waals surface area (Å²) < 4.78 is 11.0. The molecule has 25 heavy (non-hydrogen) atoms. The quantitative estimate of drug-likeness (QED) is 0.854. The van der Waals surface area contributed by atoms with Crippen molar-refractivity contribution in [3.63, 3.8) is 0 Å². The molecule has 2 amide bonds. The Balaban J connectivity index is 1.76. The molecule has 2 aromatic rings. The summed E-state index contributed by atoms with van der Waals surface area (Å²) in [6, 6.07) is 14.1. The van der Waals surface area contributed by atoms with E-state index in [0.717, 1.165) is 11.3 Å². The van der Waals surface area contributed by atoms with Gasteiger partial charge in [-0.1, -0.05) is 18.2 Å². The summed E-state index contributed by atoms with van der Waals surface area (Å²) in [5, 5.41) is 3.02. The number of anilines is 1. The van der Waals surface area contributed by atoms with Crippen LogP contribution in [0.15, 0.2) is 48.5 Å². The van der Waals surface area contributed by atoms with E-state index in [-0.39, 0.29) is 12.1 Å². The van der Waals surface area contributed by atoms with E-state index in [4.69, 9.17) is 9.47 Å². The van der Waals surface area contributed by atoms with Gasteiger partial charge in [0.25, 0.3) is 0 Å². The molecule has 0 spiro atoms. The van der Waals surface area contributed by atoms with E-state index in [0.29, 0.717) is 17.7 Å². The van der Waals surface area contributed by atoms with Crippen LogP contribution in [0.4, 0.5) is 10.5 Å². The third kappa shape index (κ3) is 2.41. The molecule has 2 heterocycles. The smallest absolute Gasteiger partial charge is 0.337 e. The number of nitrogens with one attached hydrogen (secondary N) is 1. The molecule has 0 unspecified atom stereocenters. The minimum atomic E-state index is -0.797. The van der Waals surface area contributed by atoms with Crippen molar-refractivity contribution in [1.29, 1.82) is 0 Å². The highest BCUT2D eigenvalue weighted by Crippen LogP contribution is 2.45. The fourth-order valence-corrected chi connectivity index (χ4v) is 3.59.